The van der Waals surface area contributed by atoms with Crippen molar-refractivity contribution in [3.63, 3.8) is 0 Å². The molecule has 0 aliphatic carbocycles. The van der Waals surface area contributed by atoms with E-state index in [1.165, 1.54) is 13.8 Å². The Bertz CT molecular complexity index is 1280. The lowest BCUT2D eigenvalue weighted by molar-refractivity contribution is -0.142. The minimum Gasteiger partial charge on any atom is -0.480 e. The number of carbonyl (C=O) groups excluding carboxylic acids is 3. The van der Waals surface area contributed by atoms with Crippen molar-refractivity contribution in [2.24, 2.45) is 5.73 Å². The lowest BCUT2D eigenvalue weighted by Gasteiger charge is -2.26. The van der Waals surface area contributed by atoms with Crippen LogP contribution in [0.25, 0.3) is 10.9 Å². The van der Waals surface area contributed by atoms with Crippen LogP contribution in [0.15, 0.2) is 60.8 Å². The van der Waals surface area contributed by atoms with Crippen LogP contribution >= 0.6 is 0 Å². The SMILES string of the molecule is CC(NC(=O)C(NC(=O)C(Cc1ccccc1)NC(=O)C(N)Cc1c[nH]c2ccccc12)C(C)O)C(=O)O. The Hall–Kier alpha value is -4.22. The molecule has 0 bridgehead atoms. The summed E-state index contributed by atoms with van der Waals surface area (Å²) in [6.07, 6.45) is 0.770. The molecular formula is C27H33N5O6. The van der Waals surface area contributed by atoms with Crippen LogP contribution < -0.4 is 21.7 Å². The summed E-state index contributed by atoms with van der Waals surface area (Å²) >= 11 is 0. The third kappa shape index (κ3) is 7.40. The summed E-state index contributed by atoms with van der Waals surface area (Å²) in [4.78, 5) is 53.1. The van der Waals surface area contributed by atoms with Gasteiger partial charge < -0.3 is 36.9 Å². The first kappa shape index (κ1) is 28.4. The Kier molecular flexibility index (Phi) is 9.58. The fourth-order valence-electron chi connectivity index (χ4n) is 3.99. The van der Waals surface area contributed by atoms with Gasteiger partial charge in [-0.2, -0.15) is 0 Å². The number of H-pyrrole nitrogens is 1. The number of nitrogens with one attached hydrogen (secondary N) is 4. The number of aliphatic hydroxyl groups is 1. The fourth-order valence-corrected chi connectivity index (χ4v) is 3.99. The standard InChI is InChI=1S/C27H33N5O6/c1-15(27(37)38)30-26(36)23(16(2)33)32-25(35)22(12-17-8-4-3-5-9-17)31-24(34)20(28)13-18-14-29-21-11-7-6-10-19(18)21/h3-11,14-16,20,22-23,29,33H,12-13,28H2,1-2H3,(H,30,36)(H,31,34)(H,32,35)(H,37,38). The van der Waals surface area contributed by atoms with Gasteiger partial charge in [-0.1, -0.05) is 48.5 Å². The molecule has 38 heavy (non-hydrogen) atoms. The summed E-state index contributed by atoms with van der Waals surface area (Å²) in [7, 11) is 0. The molecule has 1 aromatic heterocycles. The van der Waals surface area contributed by atoms with E-state index in [0.717, 1.165) is 22.0 Å². The summed E-state index contributed by atoms with van der Waals surface area (Å²) in [6, 6.07) is 11.8. The maximum atomic E-state index is 13.3. The van der Waals surface area contributed by atoms with Gasteiger partial charge in [0.25, 0.3) is 0 Å². The van der Waals surface area contributed by atoms with Crippen molar-refractivity contribution in [2.75, 3.05) is 0 Å². The summed E-state index contributed by atoms with van der Waals surface area (Å²) in [5, 5.41) is 27.5. The highest BCUT2D eigenvalue weighted by Gasteiger charge is 2.32. The molecule has 1 heterocycles. The largest absolute Gasteiger partial charge is 0.480 e. The van der Waals surface area contributed by atoms with Crippen molar-refractivity contribution in [1.82, 2.24) is 20.9 Å². The molecule has 3 rings (SSSR count). The number of aliphatic carboxylic acids is 1. The highest BCUT2D eigenvalue weighted by Crippen LogP contribution is 2.19. The number of aromatic nitrogens is 1. The second kappa shape index (κ2) is 12.8. The smallest absolute Gasteiger partial charge is 0.325 e. The maximum Gasteiger partial charge on any atom is 0.325 e. The van der Waals surface area contributed by atoms with Crippen molar-refractivity contribution in [2.45, 2.75) is 57.0 Å². The number of para-hydroxylation sites is 1. The zero-order valence-electron chi connectivity index (χ0n) is 21.2. The van der Waals surface area contributed by atoms with E-state index in [1.807, 2.05) is 30.3 Å². The van der Waals surface area contributed by atoms with Crippen molar-refractivity contribution in [1.29, 1.82) is 0 Å². The number of hydrogen-bond donors (Lipinski definition) is 7. The topological polar surface area (TPSA) is 187 Å². The highest BCUT2D eigenvalue weighted by atomic mass is 16.4. The van der Waals surface area contributed by atoms with Gasteiger partial charge in [0.05, 0.1) is 12.1 Å². The van der Waals surface area contributed by atoms with Gasteiger partial charge in [0.15, 0.2) is 0 Å². The molecule has 202 valence electrons. The van der Waals surface area contributed by atoms with Crippen LogP contribution in [0.5, 0.6) is 0 Å². The highest BCUT2D eigenvalue weighted by molar-refractivity contribution is 5.94. The second-order valence-electron chi connectivity index (χ2n) is 9.22. The molecular weight excluding hydrogens is 490 g/mol. The van der Waals surface area contributed by atoms with E-state index in [1.54, 1.807) is 30.5 Å². The van der Waals surface area contributed by atoms with Gasteiger partial charge in [-0.05, 0) is 37.5 Å². The van der Waals surface area contributed by atoms with E-state index in [4.69, 9.17) is 10.8 Å². The molecule has 0 saturated heterocycles. The third-order valence-corrected chi connectivity index (χ3v) is 6.16. The molecule has 3 amide bonds. The van der Waals surface area contributed by atoms with Gasteiger partial charge in [-0.25, -0.2) is 0 Å². The maximum absolute atomic E-state index is 13.3. The Morgan fingerprint density at radius 2 is 1.53 bits per heavy atom. The number of carbonyl (C=O) groups is 4. The average molecular weight is 524 g/mol. The molecule has 0 aliphatic rings. The number of amides is 3. The van der Waals surface area contributed by atoms with E-state index in [0.29, 0.717) is 0 Å². The second-order valence-corrected chi connectivity index (χ2v) is 9.22. The Balaban J connectivity index is 1.75. The van der Waals surface area contributed by atoms with Gasteiger partial charge in [-0.3, -0.25) is 19.2 Å². The van der Waals surface area contributed by atoms with E-state index in [9.17, 15) is 24.3 Å². The van der Waals surface area contributed by atoms with E-state index >= 15 is 0 Å². The van der Waals surface area contributed by atoms with Crippen LogP contribution in [-0.2, 0) is 32.0 Å². The van der Waals surface area contributed by atoms with Gasteiger partial charge in [0, 0.05) is 23.5 Å². The van der Waals surface area contributed by atoms with Crippen LogP contribution in [0, 0.1) is 0 Å². The Morgan fingerprint density at radius 3 is 2.18 bits per heavy atom. The van der Waals surface area contributed by atoms with Crippen molar-refractivity contribution >= 4 is 34.6 Å². The molecule has 11 heteroatoms. The minimum atomic E-state index is -1.45. The number of hydrogen-bond acceptors (Lipinski definition) is 6. The van der Waals surface area contributed by atoms with Gasteiger partial charge in [0.2, 0.25) is 17.7 Å². The number of fused-ring (bicyclic) bond motifs is 1. The first-order valence-electron chi connectivity index (χ1n) is 12.2. The zero-order chi connectivity index (χ0) is 27.8. The summed E-state index contributed by atoms with van der Waals surface area (Å²) < 4.78 is 0. The summed E-state index contributed by atoms with van der Waals surface area (Å²) in [6.45, 7) is 2.55. The lowest BCUT2D eigenvalue weighted by Crippen LogP contribution is -2.60. The molecule has 0 fully saturated rings. The molecule has 5 unspecified atom stereocenters. The van der Waals surface area contributed by atoms with E-state index in [2.05, 4.69) is 20.9 Å². The van der Waals surface area contributed by atoms with E-state index < -0.39 is 54.0 Å². The predicted octanol–water partition coefficient (Wildman–Crippen LogP) is 0.220. The zero-order valence-corrected chi connectivity index (χ0v) is 21.2. The number of nitrogens with two attached hydrogens (primary N) is 1. The minimum absolute atomic E-state index is 0.0951. The number of carboxylic acids is 1. The van der Waals surface area contributed by atoms with Crippen molar-refractivity contribution < 1.29 is 29.4 Å². The quantitative estimate of drug-likeness (QED) is 0.177. The average Bonchev–Trinajstić information content (AvgIpc) is 3.29. The Labute approximate surface area is 219 Å². The normalized spacial score (nSPS) is 15.1. The number of aliphatic hydroxyl groups excluding tert-OH is 1. The predicted molar refractivity (Wildman–Crippen MR) is 141 cm³/mol. The molecule has 0 spiro atoms. The van der Waals surface area contributed by atoms with Crippen LogP contribution in [0.3, 0.4) is 0 Å². The number of benzene rings is 2. The molecule has 5 atom stereocenters. The molecule has 0 aliphatic heterocycles. The number of aromatic amines is 1. The monoisotopic (exact) mass is 523 g/mol. The van der Waals surface area contributed by atoms with Gasteiger partial charge in [0.1, 0.15) is 18.1 Å². The molecule has 2 aromatic carbocycles. The third-order valence-electron chi connectivity index (χ3n) is 6.16. The molecule has 0 radical (unpaired) electrons. The first-order chi connectivity index (χ1) is 18.1. The first-order valence-corrected chi connectivity index (χ1v) is 12.2. The van der Waals surface area contributed by atoms with Gasteiger partial charge >= 0.3 is 5.97 Å². The van der Waals surface area contributed by atoms with Gasteiger partial charge in [-0.15, -0.1) is 0 Å². The summed E-state index contributed by atoms with van der Waals surface area (Å²) in [5.41, 5.74) is 8.72. The van der Waals surface area contributed by atoms with Crippen LogP contribution in [0.4, 0.5) is 0 Å². The molecule has 3 aromatic rings. The fraction of sp³-hybridized carbons (Fsp3) is 0.333. The molecule has 11 nitrogen and oxygen atoms in total. The lowest BCUT2D eigenvalue weighted by atomic mass is 10.0. The number of carboxylic acid groups (broad SMARTS) is 1. The van der Waals surface area contributed by atoms with Crippen LogP contribution in [0.2, 0.25) is 0 Å². The van der Waals surface area contributed by atoms with Crippen LogP contribution in [0.1, 0.15) is 25.0 Å². The molecule has 8 N–H and O–H groups in total. The van der Waals surface area contributed by atoms with Crippen molar-refractivity contribution in [3.05, 3.63) is 71.9 Å². The van der Waals surface area contributed by atoms with Crippen LogP contribution in [-0.4, -0.2) is 69.2 Å². The summed E-state index contributed by atoms with van der Waals surface area (Å²) in [5.74, 6) is -3.44. The molecule has 0 saturated carbocycles. The number of rotatable bonds is 12. The van der Waals surface area contributed by atoms with Crippen molar-refractivity contribution in [3.8, 4) is 0 Å². The Morgan fingerprint density at radius 1 is 0.868 bits per heavy atom. The van der Waals surface area contributed by atoms with E-state index in [-0.39, 0.29) is 12.8 Å².